The Morgan fingerprint density at radius 3 is 2.41 bits per heavy atom. The summed E-state index contributed by atoms with van der Waals surface area (Å²) in [7, 11) is 0. The van der Waals surface area contributed by atoms with Crippen LogP contribution in [0.25, 0.3) is 6.08 Å². The second kappa shape index (κ2) is 9.92. The first kappa shape index (κ1) is 20.7. The fraction of sp³-hybridized carbons (Fsp3) is 0.0435. The van der Waals surface area contributed by atoms with Crippen molar-refractivity contribution < 1.29 is 9.53 Å². The van der Waals surface area contributed by atoms with Gasteiger partial charge in [0.15, 0.2) is 0 Å². The highest BCUT2D eigenvalue weighted by atomic mass is 79.9. The number of hydrogen-bond acceptors (Lipinski definition) is 3. The maximum Gasteiger partial charge on any atom is 0.266 e. The highest BCUT2D eigenvalue weighted by Gasteiger charge is 2.11. The molecule has 144 valence electrons. The van der Waals surface area contributed by atoms with Gasteiger partial charge in [-0.25, -0.2) is 0 Å². The zero-order valence-electron chi connectivity index (χ0n) is 15.2. The lowest BCUT2D eigenvalue weighted by Gasteiger charge is -2.07. The summed E-state index contributed by atoms with van der Waals surface area (Å²) in [5, 5.41) is 12.4. The van der Waals surface area contributed by atoms with Crippen LogP contribution < -0.4 is 10.1 Å². The summed E-state index contributed by atoms with van der Waals surface area (Å²) in [5.74, 6) is 0.181. The van der Waals surface area contributed by atoms with Gasteiger partial charge in [0.2, 0.25) is 0 Å². The molecule has 1 amide bonds. The number of carbonyl (C=O) groups is 1. The molecule has 3 aromatic carbocycles. The van der Waals surface area contributed by atoms with Crippen LogP contribution in [0.5, 0.6) is 5.75 Å². The van der Waals surface area contributed by atoms with E-state index in [1.165, 1.54) is 6.08 Å². The van der Waals surface area contributed by atoms with Crippen LogP contribution in [0.1, 0.15) is 11.1 Å². The van der Waals surface area contributed by atoms with Crippen LogP contribution in [0.15, 0.2) is 82.8 Å². The third-order valence-corrected chi connectivity index (χ3v) is 4.86. The molecule has 0 saturated carbocycles. The van der Waals surface area contributed by atoms with Gasteiger partial charge in [-0.1, -0.05) is 63.9 Å². The lowest BCUT2D eigenvalue weighted by molar-refractivity contribution is -0.112. The van der Waals surface area contributed by atoms with E-state index < -0.39 is 5.91 Å². The van der Waals surface area contributed by atoms with Crippen molar-refractivity contribution in [2.75, 3.05) is 5.32 Å². The lowest BCUT2D eigenvalue weighted by Crippen LogP contribution is -2.13. The minimum atomic E-state index is -0.517. The number of nitriles is 1. The number of nitrogens with one attached hydrogen (secondary N) is 1. The van der Waals surface area contributed by atoms with E-state index in [0.29, 0.717) is 28.6 Å². The van der Waals surface area contributed by atoms with Crippen molar-refractivity contribution in [3.63, 3.8) is 0 Å². The number of hydrogen-bond donors (Lipinski definition) is 1. The molecule has 3 rings (SSSR count). The van der Waals surface area contributed by atoms with Crippen LogP contribution in [0.4, 0.5) is 5.69 Å². The smallest absolute Gasteiger partial charge is 0.266 e. The topological polar surface area (TPSA) is 62.1 Å². The Balaban J connectivity index is 1.65. The summed E-state index contributed by atoms with van der Waals surface area (Å²) in [6, 6.07) is 23.8. The van der Waals surface area contributed by atoms with E-state index in [2.05, 4.69) is 21.2 Å². The average molecular weight is 468 g/mol. The highest BCUT2D eigenvalue weighted by Crippen LogP contribution is 2.22. The molecule has 0 aliphatic heterocycles. The molecule has 0 saturated heterocycles. The first-order valence-electron chi connectivity index (χ1n) is 8.70. The van der Waals surface area contributed by atoms with Crippen molar-refractivity contribution in [1.29, 1.82) is 5.26 Å². The predicted octanol–water partition coefficient (Wildman–Crippen LogP) is 6.23. The number of halogens is 2. The molecule has 3 aromatic rings. The number of para-hydroxylation sites is 1. The number of carbonyl (C=O) groups excluding carboxylic acids is 1. The average Bonchev–Trinajstić information content (AvgIpc) is 2.74. The summed E-state index contributed by atoms with van der Waals surface area (Å²) >= 11 is 9.44. The lowest BCUT2D eigenvalue weighted by atomic mass is 10.1. The van der Waals surface area contributed by atoms with Crippen LogP contribution >= 0.6 is 27.5 Å². The van der Waals surface area contributed by atoms with Gasteiger partial charge in [-0.2, -0.15) is 5.26 Å². The normalized spacial score (nSPS) is 10.9. The third kappa shape index (κ3) is 5.95. The van der Waals surface area contributed by atoms with Crippen molar-refractivity contribution in [2.24, 2.45) is 0 Å². The van der Waals surface area contributed by atoms with Gasteiger partial charge in [0.1, 0.15) is 24.0 Å². The molecule has 0 heterocycles. The molecule has 6 heteroatoms. The summed E-state index contributed by atoms with van der Waals surface area (Å²) in [6.07, 6.45) is 1.52. The van der Waals surface area contributed by atoms with Crippen molar-refractivity contribution in [3.05, 3.63) is 99.0 Å². The van der Waals surface area contributed by atoms with Gasteiger partial charge in [0.05, 0.1) is 10.7 Å². The fourth-order valence-corrected chi connectivity index (χ4v) is 2.92. The van der Waals surface area contributed by atoms with Crippen LogP contribution in [-0.2, 0) is 11.4 Å². The molecule has 0 spiro atoms. The van der Waals surface area contributed by atoms with E-state index >= 15 is 0 Å². The van der Waals surface area contributed by atoms with Crippen molar-refractivity contribution in [2.45, 2.75) is 6.61 Å². The maximum atomic E-state index is 12.4. The van der Waals surface area contributed by atoms with E-state index in [1.807, 2.05) is 30.3 Å². The van der Waals surface area contributed by atoms with Crippen LogP contribution in [0.3, 0.4) is 0 Å². The van der Waals surface area contributed by atoms with E-state index in [0.717, 1.165) is 10.0 Å². The van der Waals surface area contributed by atoms with Gasteiger partial charge in [-0.15, -0.1) is 0 Å². The fourth-order valence-electron chi connectivity index (χ4n) is 2.48. The van der Waals surface area contributed by atoms with Crippen molar-refractivity contribution in [1.82, 2.24) is 0 Å². The molecule has 4 nitrogen and oxygen atoms in total. The number of ether oxygens (including phenoxy) is 1. The highest BCUT2D eigenvalue weighted by molar-refractivity contribution is 9.10. The molecule has 0 aliphatic carbocycles. The zero-order valence-corrected chi connectivity index (χ0v) is 17.6. The Morgan fingerprint density at radius 2 is 1.76 bits per heavy atom. The summed E-state index contributed by atoms with van der Waals surface area (Å²) < 4.78 is 6.78. The SMILES string of the molecule is N#C/C(=C\c1ccc(OCc2ccc(Br)cc2)cc1)C(=O)Nc1ccccc1Cl. The number of nitrogens with zero attached hydrogens (tertiary/aromatic N) is 1. The molecule has 0 fully saturated rings. The number of rotatable bonds is 6. The van der Waals surface area contributed by atoms with Gasteiger partial charge in [-0.3, -0.25) is 4.79 Å². The molecule has 0 aromatic heterocycles. The zero-order chi connectivity index (χ0) is 20.6. The second-order valence-electron chi connectivity index (χ2n) is 6.09. The molecule has 0 aliphatic rings. The monoisotopic (exact) mass is 466 g/mol. The minimum Gasteiger partial charge on any atom is -0.489 e. The molecule has 0 unspecified atom stereocenters. The summed E-state index contributed by atoms with van der Waals surface area (Å²) in [5.41, 5.74) is 2.21. The molecule has 0 atom stereocenters. The second-order valence-corrected chi connectivity index (χ2v) is 7.41. The number of benzene rings is 3. The molecule has 0 bridgehead atoms. The third-order valence-electron chi connectivity index (χ3n) is 4.00. The van der Waals surface area contributed by atoms with Gasteiger partial charge < -0.3 is 10.1 Å². The van der Waals surface area contributed by atoms with Gasteiger partial charge in [0, 0.05) is 4.47 Å². The quantitative estimate of drug-likeness (QED) is 0.345. The number of anilines is 1. The Bertz CT molecular complexity index is 1070. The predicted molar refractivity (Wildman–Crippen MR) is 119 cm³/mol. The van der Waals surface area contributed by atoms with E-state index in [-0.39, 0.29) is 5.57 Å². The number of amides is 1. The Hall–Kier alpha value is -3.07. The van der Waals surface area contributed by atoms with E-state index in [1.54, 1.807) is 48.5 Å². The summed E-state index contributed by atoms with van der Waals surface area (Å²) in [4.78, 5) is 12.4. The Kier molecular flexibility index (Phi) is 7.07. The standard InChI is InChI=1S/C23H16BrClN2O2/c24-19-9-5-17(6-10-19)15-29-20-11-7-16(8-12-20)13-18(14-26)23(28)27-22-4-2-1-3-21(22)25/h1-13H,15H2,(H,27,28)/b18-13+. The summed E-state index contributed by atoms with van der Waals surface area (Å²) in [6.45, 7) is 0.451. The van der Waals surface area contributed by atoms with Crippen LogP contribution in [-0.4, -0.2) is 5.91 Å². The first-order valence-corrected chi connectivity index (χ1v) is 9.87. The van der Waals surface area contributed by atoms with Gasteiger partial charge in [-0.05, 0) is 53.6 Å². The molecule has 1 N–H and O–H groups in total. The minimum absolute atomic E-state index is 0.0200. The van der Waals surface area contributed by atoms with Crippen LogP contribution in [0, 0.1) is 11.3 Å². The molecular formula is C23H16BrClN2O2. The molecule has 0 radical (unpaired) electrons. The molecular weight excluding hydrogens is 452 g/mol. The van der Waals surface area contributed by atoms with Crippen LogP contribution in [0.2, 0.25) is 5.02 Å². The van der Waals surface area contributed by atoms with Crippen molar-refractivity contribution in [3.8, 4) is 11.8 Å². The Morgan fingerprint density at radius 1 is 1.07 bits per heavy atom. The molecule has 29 heavy (non-hydrogen) atoms. The largest absolute Gasteiger partial charge is 0.489 e. The first-order chi connectivity index (χ1) is 14.0. The van der Waals surface area contributed by atoms with Gasteiger partial charge in [0.25, 0.3) is 5.91 Å². The van der Waals surface area contributed by atoms with Crippen molar-refractivity contribution >= 4 is 45.2 Å². The maximum absolute atomic E-state index is 12.4. The van der Waals surface area contributed by atoms with E-state index in [4.69, 9.17) is 16.3 Å². The van der Waals surface area contributed by atoms with E-state index in [9.17, 15) is 10.1 Å². The van der Waals surface area contributed by atoms with Gasteiger partial charge >= 0.3 is 0 Å². The Labute approximate surface area is 182 Å².